The van der Waals surface area contributed by atoms with E-state index in [-0.39, 0.29) is 33.5 Å². The molecule has 0 aromatic heterocycles. The van der Waals surface area contributed by atoms with Crippen LogP contribution in [0.5, 0.6) is 0 Å². The Morgan fingerprint density at radius 3 is 2.22 bits per heavy atom. The van der Waals surface area contributed by atoms with E-state index in [1.165, 1.54) is 13.8 Å². The molecule has 36 heavy (non-hydrogen) atoms. The smallest absolute Gasteiger partial charge is 0.170 e. The molecule has 2 heterocycles. The molecule has 2 aliphatic heterocycles. The van der Waals surface area contributed by atoms with Crippen LogP contribution in [0.15, 0.2) is 11.6 Å². The minimum Gasteiger partial charge on any atom is -0.393 e. The standard InChI is InChI=1S/C30H50O6/c1-17(14-21(32)24(33)26(4,5)34)18-8-10-27(6)19(18)15-20(31)23-28(27,7)11-9-22-25(2,3)30(35)13-12-29(22,23)16-36-30/h14,18-24,31-35H,8-13,15-16H2,1-7H3/b17-14+/t18-,19-,20-,21+,22+,23+,24+,27-,28-,29-,30+/m1/s1. The zero-order chi connectivity index (χ0) is 26.7. The van der Waals surface area contributed by atoms with Crippen LogP contribution in [0.2, 0.25) is 0 Å². The quantitative estimate of drug-likeness (QED) is 0.371. The zero-order valence-corrected chi connectivity index (χ0v) is 23.4. The first kappa shape index (κ1) is 27.1. The number of ether oxygens (including phenoxy) is 1. The molecule has 5 N–H and O–H groups in total. The number of hydrogen-bond acceptors (Lipinski definition) is 6. The van der Waals surface area contributed by atoms with Gasteiger partial charge in [-0.1, -0.05) is 39.3 Å². The Labute approximate surface area is 217 Å². The van der Waals surface area contributed by atoms with E-state index in [2.05, 4.69) is 27.7 Å². The fourth-order valence-corrected chi connectivity index (χ4v) is 10.6. The van der Waals surface area contributed by atoms with E-state index in [9.17, 15) is 25.5 Å². The van der Waals surface area contributed by atoms with E-state index < -0.39 is 29.7 Å². The van der Waals surface area contributed by atoms with Gasteiger partial charge in [0.1, 0.15) is 12.2 Å². The SMILES string of the molecule is C/C(=C\[C@H](O)[C@H](O)C(C)(C)O)[C@H]1CC[C@]2(C)[C@@H]1C[C@@H](O)[C@@H]1[C@]34CC[C@](O)(OC3)C(C)(C)[C@@H]4CC[C@]12C. The van der Waals surface area contributed by atoms with Gasteiger partial charge in [-0.25, -0.2) is 0 Å². The molecular weight excluding hydrogens is 456 g/mol. The summed E-state index contributed by atoms with van der Waals surface area (Å²) in [4.78, 5) is 0. The molecule has 0 radical (unpaired) electrons. The van der Waals surface area contributed by atoms with Crippen LogP contribution in [0.1, 0.15) is 93.4 Å². The van der Waals surface area contributed by atoms with Gasteiger partial charge in [-0.05, 0) is 93.8 Å². The zero-order valence-electron chi connectivity index (χ0n) is 23.4. The van der Waals surface area contributed by atoms with Gasteiger partial charge < -0.3 is 30.3 Å². The molecule has 6 nitrogen and oxygen atoms in total. The summed E-state index contributed by atoms with van der Waals surface area (Å²) in [5.74, 6) is -0.0598. The maximum Gasteiger partial charge on any atom is 0.170 e. The molecule has 206 valence electrons. The van der Waals surface area contributed by atoms with Crippen molar-refractivity contribution in [2.45, 2.75) is 123 Å². The Kier molecular flexibility index (Phi) is 6.03. The molecule has 1 spiro atoms. The van der Waals surface area contributed by atoms with Crippen LogP contribution < -0.4 is 0 Å². The summed E-state index contributed by atoms with van der Waals surface area (Å²) in [6, 6.07) is 0. The van der Waals surface area contributed by atoms with Crippen molar-refractivity contribution in [1.29, 1.82) is 0 Å². The predicted octanol–water partition coefficient (Wildman–Crippen LogP) is 3.78. The lowest BCUT2D eigenvalue weighted by atomic mass is 9.33. The molecule has 0 amide bonds. The summed E-state index contributed by atoms with van der Waals surface area (Å²) in [6.45, 7) is 14.8. The van der Waals surface area contributed by atoms with Gasteiger partial charge in [0.05, 0.1) is 18.3 Å². The van der Waals surface area contributed by atoms with Crippen LogP contribution in [-0.2, 0) is 4.74 Å². The Bertz CT molecular complexity index is 911. The molecule has 0 aromatic rings. The number of fused-ring (bicyclic) bond motifs is 5. The van der Waals surface area contributed by atoms with Crippen LogP contribution in [-0.4, -0.2) is 61.8 Å². The van der Waals surface area contributed by atoms with Gasteiger partial charge in [-0.3, -0.25) is 0 Å². The summed E-state index contributed by atoms with van der Waals surface area (Å²) in [5.41, 5.74) is -0.779. The van der Waals surface area contributed by atoms with Gasteiger partial charge in [0.2, 0.25) is 0 Å². The van der Waals surface area contributed by atoms with Crippen molar-refractivity contribution in [2.75, 3.05) is 6.61 Å². The number of allylic oxidation sites excluding steroid dienone is 1. The molecule has 6 aliphatic rings. The first-order chi connectivity index (χ1) is 16.4. The van der Waals surface area contributed by atoms with E-state index in [1.807, 2.05) is 6.92 Å². The van der Waals surface area contributed by atoms with E-state index in [4.69, 9.17) is 4.74 Å². The number of rotatable bonds is 4. The maximum absolute atomic E-state index is 11.9. The highest BCUT2D eigenvalue weighted by molar-refractivity contribution is 5.25. The Morgan fingerprint density at radius 2 is 1.64 bits per heavy atom. The van der Waals surface area contributed by atoms with E-state index in [0.717, 1.165) is 44.1 Å². The normalized spacial score (nSPS) is 51.8. The average molecular weight is 507 g/mol. The second-order valence-electron chi connectivity index (χ2n) is 15.0. The van der Waals surface area contributed by atoms with E-state index in [1.54, 1.807) is 6.08 Å². The van der Waals surface area contributed by atoms with Gasteiger partial charge in [-0.15, -0.1) is 0 Å². The largest absolute Gasteiger partial charge is 0.393 e. The third-order valence-electron chi connectivity index (χ3n) is 12.9. The second kappa shape index (κ2) is 8.02. The Hall–Kier alpha value is -0.500. The molecule has 4 aliphatic carbocycles. The lowest BCUT2D eigenvalue weighted by molar-refractivity contribution is -0.404. The van der Waals surface area contributed by atoms with Gasteiger partial charge in [0.15, 0.2) is 5.79 Å². The number of aliphatic hydroxyl groups excluding tert-OH is 3. The second-order valence-corrected chi connectivity index (χ2v) is 15.0. The molecule has 0 aromatic carbocycles. The number of hydrogen-bond donors (Lipinski definition) is 5. The van der Waals surface area contributed by atoms with Crippen molar-refractivity contribution >= 4 is 0 Å². The summed E-state index contributed by atoms with van der Waals surface area (Å²) in [5, 5.41) is 54.4. The van der Waals surface area contributed by atoms with Crippen LogP contribution >= 0.6 is 0 Å². The summed E-state index contributed by atoms with van der Waals surface area (Å²) >= 11 is 0. The monoisotopic (exact) mass is 506 g/mol. The summed E-state index contributed by atoms with van der Waals surface area (Å²) in [6.07, 6.45) is 5.37. The van der Waals surface area contributed by atoms with Crippen molar-refractivity contribution in [2.24, 2.45) is 45.3 Å². The van der Waals surface area contributed by atoms with E-state index >= 15 is 0 Å². The van der Waals surface area contributed by atoms with Gasteiger partial charge in [0, 0.05) is 17.3 Å². The van der Waals surface area contributed by atoms with Crippen molar-refractivity contribution < 1.29 is 30.3 Å². The fraction of sp³-hybridized carbons (Fsp3) is 0.933. The Morgan fingerprint density at radius 1 is 1.00 bits per heavy atom. The lowest BCUT2D eigenvalue weighted by Crippen LogP contribution is -2.75. The third-order valence-corrected chi connectivity index (χ3v) is 12.9. The molecule has 6 fully saturated rings. The van der Waals surface area contributed by atoms with Crippen LogP contribution in [0.25, 0.3) is 0 Å². The van der Waals surface area contributed by atoms with Gasteiger partial charge in [0.25, 0.3) is 0 Å². The third kappa shape index (κ3) is 3.30. The van der Waals surface area contributed by atoms with Crippen molar-refractivity contribution in [3.05, 3.63) is 11.6 Å². The Balaban J connectivity index is 1.47. The molecule has 6 rings (SSSR count). The molecule has 6 heteroatoms. The fourth-order valence-electron chi connectivity index (χ4n) is 10.6. The molecule has 0 unspecified atom stereocenters. The molecule has 2 bridgehead atoms. The highest BCUT2D eigenvalue weighted by atomic mass is 16.6. The summed E-state index contributed by atoms with van der Waals surface area (Å²) < 4.78 is 6.24. The molecule has 4 saturated carbocycles. The van der Waals surface area contributed by atoms with Crippen LogP contribution in [0.4, 0.5) is 0 Å². The van der Waals surface area contributed by atoms with Crippen molar-refractivity contribution in [1.82, 2.24) is 0 Å². The van der Waals surface area contributed by atoms with Gasteiger partial charge in [-0.2, -0.15) is 0 Å². The minimum atomic E-state index is -1.39. The average Bonchev–Trinajstić information content (AvgIpc) is 3.11. The predicted molar refractivity (Wildman–Crippen MR) is 138 cm³/mol. The maximum atomic E-state index is 11.9. The highest BCUT2D eigenvalue weighted by Gasteiger charge is 2.75. The van der Waals surface area contributed by atoms with E-state index in [0.29, 0.717) is 24.9 Å². The van der Waals surface area contributed by atoms with Gasteiger partial charge >= 0.3 is 0 Å². The molecular formula is C30H50O6. The minimum absolute atomic E-state index is 0.0433. The van der Waals surface area contributed by atoms with Crippen molar-refractivity contribution in [3.63, 3.8) is 0 Å². The topological polar surface area (TPSA) is 110 Å². The first-order valence-electron chi connectivity index (χ1n) is 14.3. The molecule has 2 saturated heterocycles. The van der Waals surface area contributed by atoms with Crippen molar-refractivity contribution in [3.8, 4) is 0 Å². The van der Waals surface area contributed by atoms with Crippen LogP contribution in [0.3, 0.4) is 0 Å². The summed E-state index contributed by atoms with van der Waals surface area (Å²) in [7, 11) is 0. The highest BCUT2D eigenvalue weighted by Crippen LogP contribution is 2.77. The lowest BCUT2D eigenvalue weighted by Gasteiger charge is -2.74. The first-order valence-corrected chi connectivity index (χ1v) is 14.3. The van der Waals surface area contributed by atoms with Crippen LogP contribution in [0, 0.1) is 45.3 Å². The number of aliphatic hydroxyl groups is 5. The molecule has 11 atom stereocenters.